The summed E-state index contributed by atoms with van der Waals surface area (Å²) in [5.41, 5.74) is 0.402. The Morgan fingerprint density at radius 1 is 1.08 bits per heavy atom. The topological polar surface area (TPSA) is 67.9 Å². The van der Waals surface area contributed by atoms with E-state index in [1.165, 1.54) is 14.2 Å². The number of likely N-dealkylation sites (tertiary alicyclic amines) is 1. The average molecular weight is 334 g/mol. The summed E-state index contributed by atoms with van der Waals surface area (Å²) >= 11 is 0. The van der Waals surface area contributed by atoms with E-state index in [0.717, 1.165) is 19.5 Å². The second kappa shape index (κ2) is 8.04. The van der Waals surface area contributed by atoms with Gasteiger partial charge in [0.2, 0.25) is 5.91 Å². The molecular formula is C18H26N2O4. The zero-order chi connectivity index (χ0) is 17.7. The monoisotopic (exact) mass is 334 g/mol. The maximum Gasteiger partial charge on any atom is 0.251 e. The van der Waals surface area contributed by atoms with Crippen LogP contribution < -0.4 is 14.8 Å². The summed E-state index contributed by atoms with van der Waals surface area (Å²) in [7, 11) is 3.05. The predicted octanol–water partition coefficient (Wildman–Crippen LogP) is 1.94. The molecule has 1 aromatic rings. The van der Waals surface area contributed by atoms with Crippen molar-refractivity contribution in [1.82, 2.24) is 10.2 Å². The van der Waals surface area contributed by atoms with Crippen molar-refractivity contribution in [3.05, 3.63) is 23.8 Å². The van der Waals surface area contributed by atoms with Crippen LogP contribution in [0, 0.1) is 11.8 Å². The number of nitrogens with one attached hydrogen (secondary N) is 1. The molecule has 2 rings (SSSR count). The van der Waals surface area contributed by atoms with E-state index >= 15 is 0 Å². The fourth-order valence-electron chi connectivity index (χ4n) is 3.17. The summed E-state index contributed by atoms with van der Waals surface area (Å²) in [5.74, 6) is 1.69. The summed E-state index contributed by atoms with van der Waals surface area (Å²) in [6.07, 6.45) is 1.14. The van der Waals surface area contributed by atoms with Crippen molar-refractivity contribution in [1.29, 1.82) is 0 Å². The number of ether oxygens (including phenoxy) is 2. The summed E-state index contributed by atoms with van der Waals surface area (Å²) in [6, 6.07) is 4.93. The van der Waals surface area contributed by atoms with Gasteiger partial charge in [0.05, 0.1) is 20.8 Å². The van der Waals surface area contributed by atoms with Crippen molar-refractivity contribution >= 4 is 11.8 Å². The van der Waals surface area contributed by atoms with Crippen molar-refractivity contribution in [2.24, 2.45) is 11.8 Å². The van der Waals surface area contributed by atoms with Crippen molar-refractivity contribution in [2.75, 3.05) is 33.9 Å². The first-order valence-corrected chi connectivity index (χ1v) is 8.22. The molecule has 1 aliphatic rings. The second-order valence-electron chi connectivity index (χ2n) is 6.53. The van der Waals surface area contributed by atoms with Crippen LogP contribution in [0.5, 0.6) is 11.5 Å². The molecule has 1 heterocycles. The molecule has 1 fully saturated rings. The summed E-state index contributed by atoms with van der Waals surface area (Å²) in [6.45, 7) is 5.81. The zero-order valence-corrected chi connectivity index (χ0v) is 14.8. The Labute approximate surface area is 143 Å². The minimum Gasteiger partial charge on any atom is -0.497 e. The fourth-order valence-corrected chi connectivity index (χ4v) is 3.17. The molecule has 2 amide bonds. The van der Waals surface area contributed by atoms with E-state index in [4.69, 9.17) is 9.47 Å². The van der Waals surface area contributed by atoms with Gasteiger partial charge >= 0.3 is 0 Å². The molecule has 1 aliphatic heterocycles. The van der Waals surface area contributed by atoms with Gasteiger partial charge in [0.1, 0.15) is 11.5 Å². The number of amides is 2. The summed E-state index contributed by atoms with van der Waals surface area (Å²) < 4.78 is 10.3. The van der Waals surface area contributed by atoms with Crippen molar-refractivity contribution in [3.8, 4) is 11.5 Å². The highest BCUT2D eigenvalue weighted by Gasteiger charge is 2.25. The van der Waals surface area contributed by atoms with Crippen LogP contribution in [0.15, 0.2) is 18.2 Å². The SMILES string of the molecule is COc1cc(OC)cc(C(=O)NCC(=O)N2C[C@@H](C)C[C@H](C)C2)c1. The van der Waals surface area contributed by atoms with Gasteiger partial charge in [-0.2, -0.15) is 0 Å². The first kappa shape index (κ1) is 18.1. The lowest BCUT2D eigenvalue weighted by atomic mass is 9.92. The van der Waals surface area contributed by atoms with Crippen LogP contribution in [0.2, 0.25) is 0 Å². The third-order valence-electron chi connectivity index (χ3n) is 4.24. The molecule has 1 N–H and O–H groups in total. The number of hydrogen-bond acceptors (Lipinski definition) is 4. The number of methoxy groups -OCH3 is 2. The van der Waals surface area contributed by atoms with Crippen molar-refractivity contribution in [2.45, 2.75) is 20.3 Å². The number of carbonyl (C=O) groups excluding carboxylic acids is 2. The highest BCUT2D eigenvalue weighted by atomic mass is 16.5. The molecule has 1 aromatic carbocycles. The molecule has 6 nitrogen and oxygen atoms in total. The molecule has 2 atom stereocenters. The number of hydrogen-bond donors (Lipinski definition) is 1. The predicted molar refractivity (Wildman–Crippen MR) is 91.4 cm³/mol. The molecule has 0 bridgehead atoms. The Kier molecular flexibility index (Phi) is 6.06. The van der Waals surface area contributed by atoms with Gasteiger partial charge in [-0.25, -0.2) is 0 Å². The third kappa shape index (κ3) is 4.63. The fraction of sp³-hybridized carbons (Fsp3) is 0.556. The molecule has 0 aromatic heterocycles. The maximum atomic E-state index is 12.3. The Morgan fingerprint density at radius 3 is 2.12 bits per heavy atom. The average Bonchev–Trinajstić information content (AvgIpc) is 2.57. The van der Waals surface area contributed by atoms with Crippen LogP contribution in [0.1, 0.15) is 30.6 Å². The van der Waals surface area contributed by atoms with E-state index in [-0.39, 0.29) is 18.4 Å². The Morgan fingerprint density at radius 2 is 1.62 bits per heavy atom. The standard InChI is InChI=1S/C18H26N2O4/c1-12-5-13(2)11-20(10-12)17(21)9-19-18(22)14-6-15(23-3)8-16(7-14)24-4/h6-8,12-13H,5,9-11H2,1-4H3,(H,19,22)/t12-,13-/m0/s1. The first-order valence-electron chi connectivity index (χ1n) is 8.22. The van der Waals surface area contributed by atoms with E-state index in [9.17, 15) is 9.59 Å². The van der Waals surface area contributed by atoms with E-state index in [2.05, 4.69) is 19.2 Å². The van der Waals surface area contributed by atoms with Gasteiger partial charge in [-0.15, -0.1) is 0 Å². The van der Waals surface area contributed by atoms with Crippen LogP contribution in [-0.4, -0.2) is 50.6 Å². The highest BCUT2D eigenvalue weighted by molar-refractivity contribution is 5.97. The lowest BCUT2D eigenvalue weighted by Crippen LogP contribution is -2.46. The van der Waals surface area contributed by atoms with E-state index in [0.29, 0.717) is 28.9 Å². The first-order chi connectivity index (χ1) is 11.4. The molecule has 1 saturated heterocycles. The third-order valence-corrected chi connectivity index (χ3v) is 4.24. The Balaban J connectivity index is 1.96. The molecule has 0 radical (unpaired) electrons. The number of carbonyl (C=O) groups is 2. The van der Waals surface area contributed by atoms with Gasteiger partial charge in [0.25, 0.3) is 5.91 Å². The van der Waals surface area contributed by atoms with E-state index in [1.54, 1.807) is 18.2 Å². The van der Waals surface area contributed by atoms with Crippen LogP contribution in [0.4, 0.5) is 0 Å². The van der Waals surface area contributed by atoms with Gasteiger partial charge in [-0.1, -0.05) is 13.8 Å². The van der Waals surface area contributed by atoms with Crippen LogP contribution in [0.25, 0.3) is 0 Å². The van der Waals surface area contributed by atoms with Crippen LogP contribution in [0.3, 0.4) is 0 Å². The minimum atomic E-state index is -0.321. The van der Waals surface area contributed by atoms with Gasteiger partial charge in [-0.05, 0) is 30.4 Å². The van der Waals surface area contributed by atoms with Crippen LogP contribution >= 0.6 is 0 Å². The lowest BCUT2D eigenvalue weighted by Gasteiger charge is -2.35. The van der Waals surface area contributed by atoms with E-state index in [1.807, 2.05) is 4.90 Å². The van der Waals surface area contributed by atoms with Crippen LogP contribution in [-0.2, 0) is 4.79 Å². The summed E-state index contributed by atoms with van der Waals surface area (Å²) in [5, 5.41) is 2.69. The smallest absolute Gasteiger partial charge is 0.251 e. The Bertz CT molecular complexity index is 570. The molecular weight excluding hydrogens is 308 g/mol. The normalized spacial score (nSPS) is 20.4. The minimum absolute atomic E-state index is 0.00218. The van der Waals surface area contributed by atoms with Crippen molar-refractivity contribution < 1.29 is 19.1 Å². The van der Waals surface area contributed by atoms with Crippen molar-refractivity contribution in [3.63, 3.8) is 0 Å². The van der Waals surface area contributed by atoms with Gasteiger partial charge in [0, 0.05) is 24.7 Å². The Hall–Kier alpha value is -2.24. The quantitative estimate of drug-likeness (QED) is 0.893. The lowest BCUT2D eigenvalue weighted by molar-refractivity contribution is -0.132. The van der Waals surface area contributed by atoms with Gasteiger partial charge < -0.3 is 19.7 Å². The second-order valence-corrected chi connectivity index (χ2v) is 6.53. The molecule has 0 saturated carbocycles. The molecule has 0 aliphatic carbocycles. The molecule has 0 spiro atoms. The number of piperidine rings is 1. The molecule has 6 heteroatoms. The summed E-state index contributed by atoms with van der Waals surface area (Å²) in [4.78, 5) is 26.5. The van der Waals surface area contributed by atoms with Gasteiger partial charge in [0.15, 0.2) is 0 Å². The highest BCUT2D eigenvalue weighted by Crippen LogP contribution is 2.23. The zero-order valence-electron chi connectivity index (χ0n) is 14.8. The van der Waals surface area contributed by atoms with Gasteiger partial charge in [-0.3, -0.25) is 9.59 Å². The number of nitrogens with zero attached hydrogens (tertiary/aromatic N) is 1. The largest absolute Gasteiger partial charge is 0.497 e. The van der Waals surface area contributed by atoms with E-state index < -0.39 is 0 Å². The molecule has 24 heavy (non-hydrogen) atoms. The number of rotatable bonds is 5. The molecule has 0 unspecified atom stereocenters. The number of benzene rings is 1. The maximum absolute atomic E-state index is 12.3. The molecule has 132 valence electrons.